The summed E-state index contributed by atoms with van der Waals surface area (Å²) in [7, 11) is 0. The van der Waals surface area contributed by atoms with Gasteiger partial charge in [-0.1, -0.05) is 6.42 Å². The zero-order valence-electron chi connectivity index (χ0n) is 6.12. The highest BCUT2D eigenvalue weighted by atomic mass is 16.3. The van der Waals surface area contributed by atoms with Gasteiger partial charge in [0.25, 0.3) is 0 Å². The van der Waals surface area contributed by atoms with E-state index >= 15 is 0 Å². The van der Waals surface area contributed by atoms with Crippen molar-refractivity contribution in [3.05, 3.63) is 0 Å². The predicted octanol–water partition coefficient (Wildman–Crippen LogP) is 1.13. The Morgan fingerprint density at radius 1 is 1.50 bits per heavy atom. The van der Waals surface area contributed by atoms with Crippen molar-refractivity contribution in [2.45, 2.75) is 38.2 Å². The molecule has 0 aromatic rings. The molecule has 0 unspecified atom stereocenters. The lowest BCUT2D eigenvalue weighted by atomic mass is 9.86. The summed E-state index contributed by atoms with van der Waals surface area (Å²) in [4.78, 5) is 10.1. The molecule has 1 N–H and O–H groups in total. The number of hydrogen-bond donors (Lipinski definition) is 1. The maximum Gasteiger partial charge on any atom is 0.120 e. The van der Waals surface area contributed by atoms with Gasteiger partial charge in [0.15, 0.2) is 0 Å². The third kappa shape index (κ3) is 2.10. The van der Waals surface area contributed by atoms with E-state index in [4.69, 9.17) is 0 Å². The minimum atomic E-state index is -0.140. The summed E-state index contributed by atoms with van der Waals surface area (Å²) in [5, 5.41) is 9.19. The largest absolute Gasteiger partial charge is 0.393 e. The van der Waals surface area contributed by atoms with Gasteiger partial charge in [0.1, 0.15) is 6.29 Å². The Labute approximate surface area is 61.2 Å². The highest BCUT2D eigenvalue weighted by molar-refractivity contribution is 5.49. The number of carbonyl (C=O) groups excluding carboxylic acids is 1. The molecule has 1 rings (SSSR count). The number of aldehydes is 1. The summed E-state index contributed by atoms with van der Waals surface area (Å²) < 4.78 is 0. The van der Waals surface area contributed by atoms with E-state index < -0.39 is 0 Å². The number of aliphatic hydroxyl groups is 1. The second-order valence-corrected chi connectivity index (χ2v) is 3.09. The molecule has 0 heterocycles. The van der Waals surface area contributed by atoms with Crippen molar-refractivity contribution in [1.29, 1.82) is 0 Å². The quantitative estimate of drug-likeness (QED) is 0.587. The minimum absolute atomic E-state index is 0.140. The van der Waals surface area contributed by atoms with Crippen LogP contribution in [-0.2, 0) is 4.79 Å². The summed E-state index contributed by atoms with van der Waals surface area (Å²) in [6.45, 7) is 0. The molecule has 2 heteroatoms. The van der Waals surface area contributed by atoms with Crippen molar-refractivity contribution < 1.29 is 9.90 Å². The fraction of sp³-hybridized carbons (Fsp3) is 0.875. The highest BCUT2D eigenvalue weighted by Crippen LogP contribution is 2.25. The molecule has 58 valence electrons. The summed E-state index contributed by atoms with van der Waals surface area (Å²) in [5.74, 6) is 0.459. The van der Waals surface area contributed by atoms with E-state index in [-0.39, 0.29) is 6.10 Å². The molecule has 2 nitrogen and oxygen atoms in total. The Morgan fingerprint density at radius 3 is 2.90 bits per heavy atom. The Morgan fingerprint density at radius 2 is 2.30 bits per heavy atom. The molecule has 10 heavy (non-hydrogen) atoms. The van der Waals surface area contributed by atoms with Gasteiger partial charge in [-0.3, -0.25) is 0 Å². The number of aliphatic hydroxyl groups excluding tert-OH is 1. The van der Waals surface area contributed by atoms with Gasteiger partial charge in [-0.05, 0) is 25.2 Å². The van der Waals surface area contributed by atoms with Crippen LogP contribution >= 0.6 is 0 Å². The number of carbonyl (C=O) groups is 1. The second kappa shape index (κ2) is 3.71. The van der Waals surface area contributed by atoms with Crippen LogP contribution in [0, 0.1) is 5.92 Å². The molecular weight excluding hydrogens is 128 g/mol. The zero-order valence-corrected chi connectivity index (χ0v) is 6.12. The van der Waals surface area contributed by atoms with Gasteiger partial charge in [-0.2, -0.15) is 0 Å². The molecule has 0 aromatic heterocycles. The number of hydrogen-bond acceptors (Lipinski definition) is 2. The van der Waals surface area contributed by atoms with Crippen LogP contribution in [0.2, 0.25) is 0 Å². The van der Waals surface area contributed by atoms with E-state index in [1.165, 1.54) is 0 Å². The summed E-state index contributed by atoms with van der Waals surface area (Å²) in [6, 6.07) is 0. The van der Waals surface area contributed by atoms with Crippen LogP contribution in [0.1, 0.15) is 32.1 Å². The van der Waals surface area contributed by atoms with Crippen LogP contribution in [0.3, 0.4) is 0 Å². The summed E-state index contributed by atoms with van der Waals surface area (Å²) in [6.07, 6.45) is 5.42. The molecule has 1 aliphatic carbocycles. The summed E-state index contributed by atoms with van der Waals surface area (Å²) >= 11 is 0. The lowest BCUT2D eigenvalue weighted by Gasteiger charge is -2.23. The van der Waals surface area contributed by atoms with Crippen molar-refractivity contribution in [1.82, 2.24) is 0 Å². The maximum absolute atomic E-state index is 10.1. The van der Waals surface area contributed by atoms with Gasteiger partial charge in [0, 0.05) is 6.42 Å². The van der Waals surface area contributed by atoms with Crippen molar-refractivity contribution in [3.63, 3.8) is 0 Å². The fourth-order valence-corrected chi connectivity index (χ4v) is 1.61. The van der Waals surface area contributed by atoms with Crippen LogP contribution in [0.25, 0.3) is 0 Å². The molecule has 0 radical (unpaired) electrons. The molecule has 2 atom stereocenters. The SMILES string of the molecule is O=CC[C@@H]1CCC[C@H](O)C1. The van der Waals surface area contributed by atoms with Crippen LogP contribution in [0.5, 0.6) is 0 Å². The van der Waals surface area contributed by atoms with Gasteiger partial charge in [-0.15, -0.1) is 0 Å². The van der Waals surface area contributed by atoms with Crippen LogP contribution in [0.4, 0.5) is 0 Å². The van der Waals surface area contributed by atoms with Crippen molar-refractivity contribution >= 4 is 6.29 Å². The molecule has 1 fully saturated rings. The Bertz CT molecular complexity index is 112. The van der Waals surface area contributed by atoms with E-state index in [1.807, 2.05) is 0 Å². The molecule has 0 saturated heterocycles. The standard InChI is InChI=1S/C8H14O2/c9-5-4-7-2-1-3-8(10)6-7/h5,7-8,10H,1-4,6H2/t7-,8-/m0/s1. The molecule has 1 aliphatic rings. The van der Waals surface area contributed by atoms with Crippen LogP contribution in [-0.4, -0.2) is 17.5 Å². The topological polar surface area (TPSA) is 37.3 Å². The first-order valence-electron chi connectivity index (χ1n) is 3.94. The van der Waals surface area contributed by atoms with Gasteiger partial charge in [-0.25, -0.2) is 0 Å². The average molecular weight is 142 g/mol. The van der Waals surface area contributed by atoms with Crippen LogP contribution < -0.4 is 0 Å². The van der Waals surface area contributed by atoms with E-state index in [0.29, 0.717) is 12.3 Å². The maximum atomic E-state index is 10.1. The zero-order chi connectivity index (χ0) is 7.40. The van der Waals surface area contributed by atoms with E-state index in [9.17, 15) is 9.90 Å². The first-order valence-corrected chi connectivity index (χ1v) is 3.94. The Kier molecular flexibility index (Phi) is 2.87. The lowest BCUT2D eigenvalue weighted by molar-refractivity contribution is -0.109. The first-order chi connectivity index (χ1) is 4.83. The van der Waals surface area contributed by atoms with Gasteiger partial charge >= 0.3 is 0 Å². The molecule has 0 aromatic carbocycles. The molecular formula is C8H14O2. The van der Waals surface area contributed by atoms with Gasteiger partial charge < -0.3 is 9.90 Å². The molecule has 1 saturated carbocycles. The molecule has 0 bridgehead atoms. The number of rotatable bonds is 2. The highest BCUT2D eigenvalue weighted by Gasteiger charge is 2.18. The third-order valence-corrected chi connectivity index (χ3v) is 2.18. The Balaban J connectivity index is 2.24. The monoisotopic (exact) mass is 142 g/mol. The van der Waals surface area contributed by atoms with E-state index in [2.05, 4.69) is 0 Å². The van der Waals surface area contributed by atoms with Crippen molar-refractivity contribution in [3.8, 4) is 0 Å². The van der Waals surface area contributed by atoms with Crippen molar-refractivity contribution in [2.75, 3.05) is 0 Å². The molecule has 0 aliphatic heterocycles. The molecule has 0 amide bonds. The second-order valence-electron chi connectivity index (χ2n) is 3.09. The molecule has 0 spiro atoms. The fourth-order valence-electron chi connectivity index (χ4n) is 1.61. The minimum Gasteiger partial charge on any atom is -0.393 e. The lowest BCUT2D eigenvalue weighted by Crippen LogP contribution is -2.19. The van der Waals surface area contributed by atoms with Gasteiger partial charge in [0.05, 0.1) is 6.10 Å². The van der Waals surface area contributed by atoms with Crippen molar-refractivity contribution in [2.24, 2.45) is 5.92 Å². The Hall–Kier alpha value is -0.370. The summed E-state index contributed by atoms with van der Waals surface area (Å²) in [5.41, 5.74) is 0. The first kappa shape index (κ1) is 7.73. The average Bonchev–Trinajstić information content (AvgIpc) is 1.88. The normalized spacial score (nSPS) is 33.7. The van der Waals surface area contributed by atoms with E-state index in [1.54, 1.807) is 0 Å². The van der Waals surface area contributed by atoms with E-state index in [0.717, 1.165) is 32.0 Å². The van der Waals surface area contributed by atoms with Crippen LogP contribution in [0.15, 0.2) is 0 Å². The smallest absolute Gasteiger partial charge is 0.120 e. The van der Waals surface area contributed by atoms with Gasteiger partial charge in [0.2, 0.25) is 0 Å². The third-order valence-electron chi connectivity index (χ3n) is 2.18. The predicted molar refractivity (Wildman–Crippen MR) is 38.6 cm³/mol.